The Balaban J connectivity index is 1.61. The quantitative estimate of drug-likeness (QED) is 0.726. The molecule has 2 heterocycles. The van der Waals surface area contributed by atoms with Gasteiger partial charge in [-0.3, -0.25) is 14.5 Å². The fourth-order valence-electron chi connectivity index (χ4n) is 4.25. The predicted octanol–water partition coefficient (Wildman–Crippen LogP) is 3.57. The Morgan fingerprint density at radius 3 is 2.47 bits per heavy atom. The lowest BCUT2D eigenvalue weighted by Gasteiger charge is -2.26. The van der Waals surface area contributed by atoms with Gasteiger partial charge in [-0.05, 0) is 54.8 Å². The summed E-state index contributed by atoms with van der Waals surface area (Å²) in [5.41, 5.74) is 1.33. The third kappa shape index (κ3) is 4.24. The Labute approximate surface area is 191 Å². The van der Waals surface area contributed by atoms with Crippen molar-refractivity contribution in [2.75, 3.05) is 23.3 Å². The summed E-state index contributed by atoms with van der Waals surface area (Å²) in [6.07, 6.45) is 2.83. The number of halogens is 2. The smallest absolute Gasteiger partial charge is 0.247 e. The van der Waals surface area contributed by atoms with Gasteiger partial charge in [0.25, 0.3) is 0 Å². The molecule has 0 aliphatic carbocycles. The first-order valence-corrected chi connectivity index (χ1v) is 12.2. The molecule has 2 aromatic rings. The summed E-state index contributed by atoms with van der Waals surface area (Å²) >= 11 is 6.01. The lowest BCUT2D eigenvalue weighted by molar-refractivity contribution is -0.122. The third-order valence-electron chi connectivity index (χ3n) is 5.82. The lowest BCUT2D eigenvalue weighted by Crippen LogP contribution is -2.44. The molecule has 1 fully saturated rings. The van der Waals surface area contributed by atoms with E-state index >= 15 is 0 Å². The summed E-state index contributed by atoms with van der Waals surface area (Å²) in [7, 11) is -3.64. The predicted molar refractivity (Wildman–Crippen MR) is 120 cm³/mol. The van der Waals surface area contributed by atoms with Crippen LogP contribution in [0.3, 0.4) is 0 Å². The van der Waals surface area contributed by atoms with Crippen LogP contribution in [0.25, 0.3) is 0 Å². The molecule has 1 saturated heterocycles. The van der Waals surface area contributed by atoms with Crippen LogP contribution in [0.15, 0.2) is 41.3 Å². The number of nitrogens with one attached hydrogen (secondary N) is 1. The Kier molecular flexibility index (Phi) is 6.24. The SMILES string of the molecule is CC(=O)N1c2ccc(S(=O)(=O)N3CCCCC3)cc2CC1C(=O)Nc1ccc(F)cc1Cl. The van der Waals surface area contributed by atoms with E-state index in [9.17, 15) is 22.4 Å². The Morgan fingerprint density at radius 1 is 1.09 bits per heavy atom. The molecule has 1 atom stereocenters. The maximum Gasteiger partial charge on any atom is 0.247 e. The van der Waals surface area contributed by atoms with Gasteiger partial charge in [0, 0.05) is 32.1 Å². The molecule has 2 aliphatic rings. The van der Waals surface area contributed by atoms with E-state index in [1.165, 1.54) is 34.3 Å². The second-order valence-electron chi connectivity index (χ2n) is 7.98. The first-order valence-electron chi connectivity index (χ1n) is 10.4. The van der Waals surface area contributed by atoms with Crippen LogP contribution in [0.2, 0.25) is 5.02 Å². The van der Waals surface area contributed by atoms with Gasteiger partial charge in [0.2, 0.25) is 21.8 Å². The first-order chi connectivity index (χ1) is 15.2. The molecule has 0 aromatic heterocycles. The zero-order valence-electron chi connectivity index (χ0n) is 17.5. The maximum atomic E-state index is 13.3. The third-order valence-corrected chi connectivity index (χ3v) is 8.03. The van der Waals surface area contributed by atoms with Crippen molar-refractivity contribution in [2.45, 2.75) is 43.5 Å². The van der Waals surface area contributed by atoms with Gasteiger partial charge in [-0.2, -0.15) is 4.31 Å². The van der Waals surface area contributed by atoms with Gasteiger partial charge in [0.1, 0.15) is 11.9 Å². The largest absolute Gasteiger partial charge is 0.323 e. The molecule has 0 spiro atoms. The highest BCUT2D eigenvalue weighted by molar-refractivity contribution is 7.89. The number of carbonyl (C=O) groups is 2. The van der Waals surface area contributed by atoms with Crippen molar-refractivity contribution in [3.63, 3.8) is 0 Å². The molecular formula is C22H23ClFN3O4S. The number of amides is 2. The van der Waals surface area contributed by atoms with Crippen molar-refractivity contribution in [3.8, 4) is 0 Å². The summed E-state index contributed by atoms with van der Waals surface area (Å²) < 4.78 is 40.9. The molecule has 2 aliphatic heterocycles. The summed E-state index contributed by atoms with van der Waals surface area (Å²) in [4.78, 5) is 26.8. The van der Waals surface area contributed by atoms with E-state index in [-0.39, 0.29) is 27.9 Å². The summed E-state index contributed by atoms with van der Waals surface area (Å²) in [6, 6.07) is 7.33. The Hall–Kier alpha value is -2.49. The molecule has 32 heavy (non-hydrogen) atoms. The molecule has 2 amide bonds. The molecular weight excluding hydrogens is 457 g/mol. The summed E-state index contributed by atoms with van der Waals surface area (Å²) in [6.45, 7) is 2.32. The molecule has 4 rings (SSSR count). The number of anilines is 2. The maximum absolute atomic E-state index is 13.3. The molecule has 7 nitrogen and oxygen atoms in total. The van der Waals surface area contributed by atoms with E-state index in [4.69, 9.17) is 11.6 Å². The number of hydrogen-bond acceptors (Lipinski definition) is 4. The number of carbonyl (C=O) groups excluding carboxylic acids is 2. The van der Waals surface area contributed by atoms with Crippen molar-refractivity contribution in [3.05, 3.63) is 52.8 Å². The second-order valence-corrected chi connectivity index (χ2v) is 10.3. The van der Waals surface area contributed by atoms with Crippen molar-refractivity contribution in [1.82, 2.24) is 4.31 Å². The van der Waals surface area contributed by atoms with Crippen LogP contribution in [-0.4, -0.2) is 43.7 Å². The van der Waals surface area contributed by atoms with E-state index in [0.717, 1.165) is 25.3 Å². The number of sulfonamides is 1. The topological polar surface area (TPSA) is 86.8 Å². The molecule has 2 aromatic carbocycles. The van der Waals surface area contributed by atoms with E-state index in [1.54, 1.807) is 12.1 Å². The zero-order valence-corrected chi connectivity index (χ0v) is 19.0. The number of benzene rings is 2. The van der Waals surface area contributed by atoms with Crippen LogP contribution in [-0.2, 0) is 26.0 Å². The van der Waals surface area contributed by atoms with Crippen LogP contribution >= 0.6 is 11.6 Å². The molecule has 10 heteroatoms. The molecule has 0 bridgehead atoms. The van der Waals surface area contributed by atoms with E-state index < -0.39 is 27.8 Å². The van der Waals surface area contributed by atoms with Gasteiger partial charge in [0.05, 0.1) is 15.6 Å². The van der Waals surface area contributed by atoms with Gasteiger partial charge in [0.15, 0.2) is 0 Å². The highest BCUT2D eigenvalue weighted by Crippen LogP contribution is 2.36. The fraction of sp³-hybridized carbons (Fsp3) is 0.364. The lowest BCUT2D eigenvalue weighted by atomic mass is 10.1. The van der Waals surface area contributed by atoms with Crippen molar-refractivity contribution < 1.29 is 22.4 Å². The van der Waals surface area contributed by atoms with Crippen molar-refractivity contribution >= 4 is 44.8 Å². The Morgan fingerprint density at radius 2 is 1.81 bits per heavy atom. The number of rotatable bonds is 4. The number of piperidine rings is 1. The van der Waals surface area contributed by atoms with Gasteiger partial charge >= 0.3 is 0 Å². The van der Waals surface area contributed by atoms with E-state index in [0.29, 0.717) is 24.3 Å². The van der Waals surface area contributed by atoms with E-state index in [2.05, 4.69) is 5.32 Å². The number of hydrogen-bond donors (Lipinski definition) is 1. The molecule has 170 valence electrons. The van der Waals surface area contributed by atoms with Crippen LogP contribution in [0, 0.1) is 5.82 Å². The molecule has 1 N–H and O–H groups in total. The molecule has 0 radical (unpaired) electrons. The van der Waals surface area contributed by atoms with Crippen LogP contribution in [0.1, 0.15) is 31.7 Å². The minimum absolute atomic E-state index is 0.0400. The average molecular weight is 480 g/mol. The zero-order chi connectivity index (χ0) is 23.0. The monoisotopic (exact) mass is 479 g/mol. The van der Waals surface area contributed by atoms with Gasteiger partial charge in [-0.25, -0.2) is 12.8 Å². The first kappa shape index (κ1) is 22.7. The van der Waals surface area contributed by atoms with Crippen molar-refractivity contribution in [1.29, 1.82) is 0 Å². The van der Waals surface area contributed by atoms with E-state index in [1.807, 2.05) is 0 Å². The van der Waals surface area contributed by atoms with Gasteiger partial charge < -0.3 is 5.32 Å². The minimum Gasteiger partial charge on any atom is -0.323 e. The number of fused-ring (bicyclic) bond motifs is 1. The Bertz CT molecular complexity index is 1180. The average Bonchev–Trinajstić information content (AvgIpc) is 3.15. The van der Waals surface area contributed by atoms with Crippen molar-refractivity contribution in [2.24, 2.45) is 0 Å². The molecule has 0 saturated carbocycles. The summed E-state index contributed by atoms with van der Waals surface area (Å²) in [5.74, 6) is -1.37. The highest BCUT2D eigenvalue weighted by Gasteiger charge is 2.38. The van der Waals surface area contributed by atoms with Gasteiger partial charge in [-0.15, -0.1) is 0 Å². The molecule has 1 unspecified atom stereocenters. The fourth-order valence-corrected chi connectivity index (χ4v) is 6.03. The van der Waals surface area contributed by atoms with Crippen LogP contribution in [0.4, 0.5) is 15.8 Å². The standard InChI is InChI=1S/C22H23ClFN3O4S/c1-14(28)27-20-8-6-17(32(30,31)26-9-3-2-4-10-26)11-15(20)12-21(27)22(29)25-19-7-5-16(24)13-18(19)23/h5-8,11,13,21H,2-4,9-10,12H2,1H3,(H,25,29). The second kappa shape index (κ2) is 8.80. The summed E-state index contributed by atoms with van der Waals surface area (Å²) in [5, 5.41) is 2.68. The van der Waals surface area contributed by atoms with Crippen LogP contribution < -0.4 is 10.2 Å². The van der Waals surface area contributed by atoms with Gasteiger partial charge in [-0.1, -0.05) is 18.0 Å². The van der Waals surface area contributed by atoms with Crippen LogP contribution in [0.5, 0.6) is 0 Å². The normalized spacial score (nSPS) is 19.0. The minimum atomic E-state index is -3.64. The number of nitrogens with zero attached hydrogens (tertiary/aromatic N) is 2. The highest BCUT2D eigenvalue weighted by atomic mass is 35.5.